The van der Waals surface area contributed by atoms with Crippen molar-refractivity contribution in [2.24, 2.45) is 5.41 Å². The van der Waals surface area contributed by atoms with Crippen molar-refractivity contribution in [3.05, 3.63) is 11.1 Å². The van der Waals surface area contributed by atoms with E-state index in [9.17, 15) is 0 Å². The molecular weight excluding hydrogens is 226 g/mol. The van der Waals surface area contributed by atoms with E-state index in [1.54, 1.807) is 11.1 Å². The van der Waals surface area contributed by atoms with Crippen LogP contribution in [-0.4, -0.2) is 48.0 Å². The maximum atomic E-state index is 9.02. The van der Waals surface area contributed by atoms with E-state index in [4.69, 9.17) is 10.2 Å². The average Bonchev–Trinajstić information content (AvgIpc) is 2.28. The fourth-order valence-electron chi connectivity index (χ4n) is 3.11. The van der Waals surface area contributed by atoms with Crippen LogP contribution in [-0.2, 0) is 0 Å². The topological polar surface area (TPSA) is 43.7 Å². The third-order valence-corrected chi connectivity index (χ3v) is 4.20. The van der Waals surface area contributed by atoms with Crippen LogP contribution in [0.25, 0.3) is 0 Å². The van der Waals surface area contributed by atoms with Crippen LogP contribution in [0.15, 0.2) is 11.1 Å². The first kappa shape index (κ1) is 15.7. The zero-order chi connectivity index (χ0) is 13.6. The maximum Gasteiger partial charge on any atom is 0.0558 e. The Hall–Kier alpha value is -0.380. The molecule has 0 spiro atoms. The number of aliphatic hydroxyl groups excluding tert-OH is 2. The van der Waals surface area contributed by atoms with Gasteiger partial charge in [0.2, 0.25) is 0 Å². The molecule has 2 N–H and O–H groups in total. The van der Waals surface area contributed by atoms with Gasteiger partial charge in [-0.15, -0.1) is 0 Å². The summed E-state index contributed by atoms with van der Waals surface area (Å²) >= 11 is 0. The standard InChI is InChI=1S/C15H29NO2/c1-13-5-4-7-15(2,3)14(13)6-8-16(9-11-17)10-12-18/h17-18H,4-12H2,1-3H3. The van der Waals surface area contributed by atoms with Gasteiger partial charge in [0, 0.05) is 19.6 Å². The van der Waals surface area contributed by atoms with E-state index >= 15 is 0 Å². The third kappa shape index (κ3) is 4.38. The summed E-state index contributed by atoms with van der Waals surface area (Å²) in [5.41, 5.74) is 3.47. The Morgan fingerprint density at radius 2 is 1.72 bits per heavy atom. The van der Waals surface area contributed by atoms with Gasteiger partial charge in [0.05, 0.1) is 13.2 Å². The summed E-state index contributed by atoms with van der Waals surface area (Å²) in [4.78, 5) is 2.14. The molecule has 1 rings (SSSR count). The van der Waals surface area contributed by atoms with Crippen LogP contribution in [0.2, 0.25) is 0 Å². The zero-order valence-corrected chi connectivity index (χ0v) is 12.2. The minimum Gasteiger partial charge on any atom is -0.395 e. The molecule has 0 fully saturated rings. The van der Waals surface area contributed by atoms with E-state index in [1.165, 1.54) is 19.3 Å². The number of hydrogen-bond donors (Lipinski definition) is 2. The summed E-state index contributed by atoms with van der Waals surface area (Å²) in [5, 5.41) is 18.0. The molecule has 0 amide bonds. The van der Waals surface area contributed by atoms with Crippen LogP contribution in [0.4, 0.5) is 0 Å². The summed E-state index contributed by atoms with van der Waals surface area (Å²) in [5.74, 6) is 0. The predicted molar refractivity (Wildman–Crippen MR) is 75.6 cm³/mol. The van der Waals surface area contributed by atoms with E-state index in [2.05, 4.69) is 25.7 Å². The number of rotatable bonds is 7. The molecule has 0 atom stereocenters. The zero-order valence-electron chi connectivity index (χ0n) is 12.2. The Morgan fingerprint density at radius 1 is 1.11 bits per heavy atom. The van der Waals surface area contributed by atoms with Gasteiger partial charge in [-0.25, -0.2) is 0 Å². The van der Waals surface area contributed by atoms with E-state index < -0.39 is 0 Å². The van der Waals surface area contributed by atoms with Crippen molar-refractivity contribution in [3.63, 3.8) is 0 Å². The molecule has 0 bridgehead atoms. The second kappa shape index (κ2) is 7.27. The molecule has 0 saturated heterocycles. The van der Waals surface area contributed by atoms with Gasteiger partial charge >= 0.3 is 0 Å². The monoisotopic (exact) mass is 255 g/mol. The highest BCUT2D eigenvalue weighted by atomic mass is 16.3. The van der Waals surface area contributed by atoms with Crippen molar-refractivity contribution in [2.75, 3.05) is 32.8 Å². The summed E-state index contributed by atoms with van der Waals surface area (Å²) in [6, 6.07) is 0. The number of aliphatic hydroxyl groups is 2. The minimum absolute atomic E-state index is 0.168. The van der Waals surface area contributed by atoms with Gasteiger partial charge < -0.3 is 10.2 Å². The van der Waals surface area contributed by atoms with Gasteiger partial charge in [0.1, 0.15) is 0 Å². The summed E-state index contributed by atoms with van der Waals surface area (Å²) in [6.07, 6.45) is 4.89. The van der Waals surface area contributed by atoms with Crippen LogP contribution >= 0.6 is 0 Å². The lowest BCUT2D eigenvalue weighted by atomic mass is 9.71. The summed E-state index contributed by atoms with van der Waals surface area (Å²) < 4.78 is 0. The largest absolute Gasteiger partial charge is 0.395 e. The summed E-state index contributed by atoms with van der Waals surface area (Å²) in [7, 11) is 0. The van der Waals surface area contributed by atoms with Crippen molar-refractivity contribution < 1.29 is 10.2 Å². The van der Waals surface area contributed by atoms with Crippen LogP contribution in [0.1, 0.15) is 46.5 Å². The normalized spacial score (nSPS) is 19.7. The Morgan fingerprint density at radius 3 is 2.22 bits per heavy atom. The number of allylic oxidation sites excluding steroid dienone is 1. The molecule has 0 radical (unpaired) electrons. The van der Waals surface area contributed by atoms with Gasteiger partial charge in [-0.2, -0.15) is 0 Å². The lowest BCUT2D eigenvalue weighted by Crippen LogP contribution is -2.32. The Kier molecular flexibility index (Phi) is 6.33. The van der Waals surface area contributed by atoms with Crippen LogP contribution in [0.5, 0.6) is 0 Å². The van der Waals surface area contributed by atoms with Gasteiger partial charge in [-0.3, -0.25) is 4.90 Å². The van der Waals surface area contributed by atoms with Crippen LogP contribution < -0.4 is 0 Å². The third-order valence-electron chi connectivity index (χ3n) is 4.20. The molecular formula is C15H29NO2. The molecule has 3 heteroatoms. The van der Waals surface area contributed by atoms with Crippen molar-refractivity contribution in [3.8, 4) is 0 Å². The highest BCUT2D eigenvalue weighted by Crippen LogP contribution is 2.41. The molecule has 18 heavy (non-hydrogen) atoms. The fraction of sp³-hybridized carbons (Fsp3) is 0.867. The number of hydrogen-bond acceptors (Lipinski definition) is 3. The number of nitrogens with zero attached hydrogens (tertiary/aromatic N) is 1. The molecule has 1 aliphatic carbocycles. The van der Waals surface area contributed by atoms with E-state index in [-0.39, 0.29) is 13.2 Å². The predicted octanol–water partition coefficient (Wildman–Crippen LogP) is 2.19. The molecule has 0 aromatic heterocycles. The Balaban J connectivity index is 2.59. The first-order valence-corrected chi connectivity index (χ1v) is 7.14. The summed E-state index contributed by atoms with van der Waals surface area (Å²) in [6.45, 7) is 9.54. The molecule has 1 aliphatic rings. The highest BCUT2D eigenvalue weighted by Gasteiger charge is 2.28. The second-order valence-corrected chi connectivity index (χ2v) is 6.04. The average molecular weight is 255 g/mol. The minimum atomic E-state index is 0.168. The fourth-order valence-corrected chi connectivity index (χ4v) is 3.11. The van der Waals surface area contributed by atoms with Crippen LogP contribution in [0.3, 0.4) is 0 Å². The second-order valence-electron chi connectivity index (χ2n) is 6.04. The van der Waals surface area contributed by atoms with E-state index in [0.717, 1.165) is 13.0 Å². The molecule has 3 nitrogen and oxygen atoms in total. The Labute approximate surface area is 112 Å². The van der Waals surface area contributed by atoms with E-state index in [1.807, 2.05) is 0 Å². The van der Waals surface area contributed by atoms with Gasteiger partial charge in [-0.1, -0.05) is 25.0 Å². The van der Waals surface area contributed by atoms with Crippen molar-refractivity contribution >= 4 is 0 Å². The first-order valence-electron chi connectivity index (χ1n) is 7.14. The quantitative estimate of drug-likeness (QED) is 0.685. The lowest BCUT2D eigenvalue weighted by molar-refractivity contribution is 0.159. The smallest absolute Gasteiger partial charge is 0.0558 e. The SMILES string of the molecule is CC1=C(CCN(CCO)CCO)C(C)(C)CCC1. The Bertz CT molecular complexity index is 278. The van der Waals surface area contributed by atoms with Crippen molar-refractivity contribution in [1.29, 1.82) is 0 Å². The van der Waals surface area contributed by atoms with Gasteiger partial charge in [-0.05, 0) is 38.0 Å². The van der Waals surface area contributed by atoms with Gasteiger partial charge in [0.25, 0.3) is 0 Å². The lowest BCUT2D eigenvalue weighted by Gasteiger charge is -2.35. The molecule has 0 unspecified atom stereocenters. The maximum absolute atomic E-state index is 9.02. The molecule has 0 aromatic carbocycles. The molecule has 0 aromatic rings. The van der Waals surface area contributed by atoms with Gasteiger partial charge in [0.15, 0.2) is 0 Å². The molecule has 106 valence electrons. The first-order chi connectivity index (χ1) is 8.51. The molecule has 0 saturated carbocycles. The van der Waals surface area contributed by atoms with Crippen molar-refractivity contribution in [1.82, 2.24) is 4.90 Å². The molecule has 0 aliphatic heterocycles. The van der Waals surface area contributed by atoms with E-state index in [0.29, 0.717) is 18.5 Å². The molecule has 0 heterocycles. The van der Waals surface area contributed by atoms with Crippen molar-refractivity contribution in [2.45, 2.75) is 46.5 Å². The highest BCUT2D eigenvalue weighted by molar-refractivity contribution is 5.22. The van der Waals surface area contributed by atoms with Crippen LogP contribution in [0, 0.1) is 5.41 Å².